The number of nitrogens with one attached hydrogen (secondary N) is 1. The molecule has 10 heteroatoms. The number of amides is 2. The van der Waals surface area contributed by atoms with Gasteiger partial charge in [-0.05, 0) is 49.8 Å². The van der Waals surface area contributed by atoms with Crippen molar-refractivity contribution >= 4 is 67.4 Å². The van der Waals surface area contributed by atoms with Crippen molar-refractivity contribution in [1.29, 1.82) is 0 Å². The van der Waals surface area contributed by atoms with Crippen molar-refractivity contribution in [2.45, 2.75) is 39.7 Å². The normalized spacial score (nSPS) is 15.5. The number of para-hydroxylation sites is 1. The van der Waals surface area contributed by atoms with Crippen LogP contribution in [0.3, 0.4) is 0 Å². The zero-order valence-corrected chi connectivity index (χ0v) is 22.8. The van der Waals surface area contributed by atoms with Crippen molar-refractivity contribution in [2.75, 3.05) is 23.4 Å². The molecule has 0 bridgehead atoms. The Morgan fingerprint density at radius 3 is 2.86 bits per heavy atom. The maximum Gasteiger partial charge on any atom is 0.341 e. The molecule has 36 heavy (non-hydrogen) atoms. The van der Waals surface area contributed by atoms with E-state index < -0.39 is 5.97 Å². The number of fused-ring (bicyclic) bond motifs is 2. The van der Waals surface area contributed by atoms with Gasteiger partial charge < -0.3 is 14.6 Å². The number of hydrogen-bond donors (Lipinski definition) is 1. The summed E-state index contributed by atoms with van der Waals surface area (Å²) >= 11 is 4.11. The molecule has 0 saturated carbocycles. The highest BCUT2D eigenvalue weighted by atomic mass is 32.2. The van der Waals surface area contributed by atoms with Gasteiger partial charge in [-0.1, -0.05) is 36.5 Å². The number of hydrogen-bond acceptors (Lipinski definition) is 7. The lowest BCUT2D eigenvalue weighted by molar-refractivity contribution is -0.115. The number of nitrogens with zero attached hydrogens (tertiary/aromatic N) is 2. The van der Waals surface area contributed by atoms with Crippen LogP contribution in [0.4, 0.5) is 5.00 Å². The summed E-state index contributed by atoms with van der Waals surface area (Å²) in [5, 5.41) is 3.44. The van der Waals surface area contributed by atoms with Gasteiger partial charge >= 0.3 is 5.97 Å². The number of esters is 1. The molecule has 0 radical (unpaired) electrons. The first kappa shape index (κ1) is 26.4. The maximum atomic E-state index is 12.7. The van der Waals surface area contributed by atoms with Crippen LogP contribution in [0.15, 0.2) is 41.9 Å². The second-order valence-corrected chi connectivity index (χ2v) is 11.7. The average Bonchev–Trinajstić information content (AvgIpc) is 3.36. The van der Waals surface area contributed by atoms with E-state index in [0.717, 1.165) is 39.9 Å². The van der Waals surface area contributed by atoms with Crippen molar-refractivity contribution in [3.05, 3.63) is 57.7 Å². The van der Waals surface area contributed by atoms with Gasteiger partial charge in [0.05, 0.1) is 33.9 Å². The predicted molar refractivity (Wildman–Crippen MR) is 148 cm³/mol. The van der Waals surface area contributed by atoms with Crippen molar-refractivity contribution < 1.29 is 19.1 Å². The maximum absolute atomic E-state index is 12.7. The van der Waals surface area contributed by atoms with Crippen molar-refractivity contribution in [3.8, 4) is 0 Å². The van der Waals surface area contributed by atoms with Crippen LogP contribution in [-0.2, 0) is 33.7 Å². The van der Waals surface area contributed by atoms with Crippen LogP contribution in [0.2, 0.25) is 0 Å². The Morgan fingerprint density at radius 1 is 1.28 bits per heavy atom. The van der Waals surface area contributed by atoms with Gasteiger partial charge in [-0.15, -0.1) is 29.7 Å². The van der Waals surface area contributed by atoms with Gasteiger partial charge in [0.1, 0.15) is 5.00 Å². The minimum Gasteiger partial charge on any atom is -0.462 e. The van der Waals surface area contributed by atoms with Gasteiger partial charge in [0.15, 0.2) is 4.80 Å². The number of carbonyl (C=O) groups is 3. The minimum atomic E-state index is -0.391. The van der Waals surface area contributed by atoms with E-state index in [9.17, 15) is 14.4 Å². The zero-order chi connectivity index (χ0) is 25.7. The van der Waals surface area contributed by atoms with Gasteiger partial charge in [0.2, 0.25) is 5.91 Å². The predicted octanol–water partition coefficient (Wildman–Crippen LogP) is 5.05. The third-order valence-corrected chi connectivity index (χ3v) is 8.97. The number of thiazole rings is 1. The lowest BCUT2D eigenvalue weighted by Gasteiger charge is -2.18. The quantitative estimate of drug-likeness (QED) is 0.301. The van der Waals surface area contributed by atoms with E-state index in [0.29, 0.717) is 27.8 Å². The highest BCUT2D eigenvalue weighted by Crippen LogP contribution is 2.40. The van der Waals surface area contributed by atoms with Crippen LogP contribution in [0.1, 0.15) is 41.1 Å². The lowest BCUT2D eigenvalue weighted by Crippen LogP contribution is -2.19. The molecule has 3 aromatic rings. The number of rotatable bonds is 9. The second-order valence-electron chi connectivity index (χ2n) is 8.57. The third-order valence-electron chi connectivity index (χ3n) is 5.82. The van der Waals surface area contributed by atoms with Crippen molar-refractivity contribution in [1.82, 2.24) is 4.57 Å². The summed E-state index contributed by atoms with van der Waals surface area (Å²) in [5.41, 5.74) is 2.50. The smallest absolute Gasteiger partial charge is 0.341 e. The van der Waals surface area contributed by atoms with Gasteiger partial charge in [0.25, 0.3) is 5.91 Å². The summed E-state index contributed by atoms with van der Waals surface area (Å²) in [6.45, 7) is 8.60. The summed E-state index contributed by atoms with van der Waals surface area (Å²) in [7, 11) is 0. The number of anilines is 1. The monoisotopic (exact) mass is 543 g/mol. The summed E-state index contributed by atoms with van der Waals surface area (Å²) in [5.74, 6) is -0.233. The standard InChI is InChI=1S/C26H29N3O4S3/c1-4-12-29-18-8-6-7-9-19(18)36-26(29)28-22(31)15-34-14-21(30)27-24-23(25(32)33-5-2)17-11-10-16(3)13-20(17)35-24/h4,6-9,16H,1,5,10-15H2,2-3H3,(H,27,30). The Labute approximate surface area is 222 Å². The van der Waals surface area contributed by atoms with E-state index >= 15 is 0 Å². The number of ether oxygens (including phenoxy) is 1. The highest BCUT2D eigenvalue weighted by molar-refractivity contribution is 8.00. The summed E-state index contributed by atoms with van der Waals surface area (Å²) < 4.78 is 8.27. The SMILES string of the molecule is C=CCn1c(=NC(=O)CSCC(=O)Nc2sc3c(c2C(=O)OCC)CCC(C)C3)sc2ccccc21. The van der Waals surface area contributed by atoms with E-state index in [1.807, 2.05) is 28.8 Å². The summed E-state index contributed by atoms with van der Waals surface area (Å²) in [6, 6.07) is 7.89. The van der Waals surface area contributed by atoms with Crippen molar-refractivity contribution in [2.24, 2.45) is 10.9 Å². The molecule has 1 unspecified atom stereocenters. The molecule has 2 heterocycles. The largest absolute Gasteiger partial charge is 0.462 e. The molecule has 0 spiro atoms. The molecular weight excluding hydrogens is 515 g/mol. The van der Waals surface area contributed by atoms with E-state index in [1.165, 1.54) is 34.4 Å². The number of allylic oxidation sites excluding steroid dienone is 1. The molecular formula is C26H29N3O4S3. The Balaban J connectivity index is 1.41. The molecule has 1 N–H and O–H groups in total. The second kappa shape index (κ2) is 12.0. The average molecular weight is 544 g/mol. The van der Waals surface area contributed by atoms with E-state index in [-0.39, 0.29) is 29.9 Å². The van der Waals surface area contributed by atoms with Crippen LogP contribution in [0.25, 0.3) is 10.2 Å². The number of benzene rings is 1. The molecule has 2 aromatic heterocycles. The molecule has 1 atom stereocenters. The fourth-order valence-corrected chi connectivity index (χ4v) is 7.27. The van der Waals surface area contributed by atoms with Crippen LogP contribution in [0, 0.1) is 5.92 Å². The topological polar surface area (TPSA) is 89.8 Å². The van der Waals surface area contributed by atoms with Crippen LogP contribution in [0.5, 0.6) is 0 Å². The Kier molecular flexibility index (Phi) is 8.81. The Hall–Kier alpha value is -2.69. The summed E-state index contributed by atoms with van der Waals surface area (Å²) in [6.07, 6.45) is 4.49. The molecule has 1 aliphatic rings. The lowest BCUT2D eigenvalue weighted by atomic mass is 9.88. The molecule has 0 saturated heterocycles. The van der Waals surface area contributed by atoms with E-state index in [1.54, 1.807) is 13.0 Å². The van der Waals surface area contributed by atoms with Crippen LogP contribution < -0.4 is 10.1 Å². The van der Waals surface area contributed by atoms with Gasteiger partial charge in [-0.25, -0.2) is 4.79 Å². The number of carbonyl (C=O) groups excluding carboxylic acids is 3. The third kappa shape index (κ3) is 5.99. The Bertz CT molecular complexity index is 1370. The highest BCUT2D eigenvalue weighted by Gasteiger charge is 2.29. The summed E-state index contributed by atoms with van der Waals surface area (Å²) in [4.78, 5) is 43.9. The number of thiophene rings is 1. The Morgan fingerprint density at radius 2 is 2.08 bits per heavy atom. The van der Waals surface area contributed by atoms with E-state index in [2.05, 4.69) is 23.8 Å². The fourth-order valence-electron chi connectivity index (χ4n) is 4.20. The zero-order valence-electron chi connectivity index (χ0n) is 20.4. The molecule has 2 amide bonds. The van der Waals surface area contributed by atoms with Crippen molar-refractivity contribution in [3.63, 3.8) is 0 Å². The molecule has 7 nitrogen and oxygen atoms in total. The van der Waals surface area contributed by atoms with Gasteiger partial charge in [-0.2, -0.15) is 4.99 Å². The molecule has 0 aliphatic heterocycles. The molecule has 1 aliphatic carbocycles. The minimum absolute atomic E-state index is 0.0823. The van der Waals surface area contributed by atoms with Crippen LogP contribution >= 0.6 is 34.4 Å². The first-order chi connectivity index (χ1) is 17.4. The number of thioether (sulfide) groups is 1. The number of aromatic nitrogens is 1. The van der Waals surface area contributed by atoms with Gasteiger partial charge in [0, 0.05) is 11.4 Å². The first-order valence-corrected chi connectivity index (χ1v) is 14.7. The van der Waals surface area contributed by atoms with Gasteiger partial charge in [-0.3, -0.25) is 9.59 Å². The first-order valence-electron chi connectivity index (χ1n) is 11.9. The molecule has 1 aromatic carbocycles. The molecule has 4 rings (SSSR count). The fraction of sp³-hybridized carbons (Fsp3) is 0.385. The van der Waals surface area contributed by atoms with E-state index in [4.69, 9.17) is 4.74 Å². The van der Waals surface area contributed by atoms with Crippen LogP contribution in [-0.4, -0.2) is 40.5 Å². The molecule has 190 valence electrons. The molecule has 0 fully saturated rings.